The van der Waals surface area contributed by atoms with Crippen LogP contribution in [0.3, 0.4) is 0 Å². The van der Waals surface area contributed by atoms with Gasteiger partial charge >= 0.3 is 12.4 Å². The van der Waals surface area contributed by atoms with Crippen LogP contribution in [-0.4, -0.2) is 51.0 Å². The maximum absolute atomic E-state index is 13.9. The van der Waals surface area contributed by atoms with Gasteiger partial charge in [-0.2, -0.15) is 26.3 Å². The fraction of sp³-hybridized carbons (Fsp3) is 0.357. The minimum absolute atomic E-state index is 0.00565. The molecule has 4 rings (SSSR count). The van der Waals surface area contributed by atoms with E-state index in [9.17, 15) is 43.9 Å². The van der Waals surface area contributed by atoms with Crippen molar-refractivity contribution in [1.29, 1.82) is 0 Å². The molecule has 0 N–H and O–H groups in total. The Bertz CT molecular complexity index is 1580. The van der Waals surface area contributed by atoms with Gasteiger partial charge in [-0.1, -0.05) is 6.07 Å². The number of carbonyl (C=O) groups excluding carboxylic acids is 1. The summed E-state index contributed by atoms with van der Waals surface area (Å²) in [5, 5.41) is 0. The fourth-order valence-electron chi connectivity index (χ4n) is 4.74. The van der Waals surface area contributed by atoms with Crippen molar-refractivity contribution in [2.24, 2.45) is 0 Å². The van der Waals surface area contributed by atoms with Gasteiger partial charge in [-0.15, -0.1) is 0 Å². The van der Waals surface area contributed by atoms with Crippen molar-refractivity contribution in [1.82, 2.24) is 4.98 Å². The number of hydrogen-bond donors (Lipinski definition) is 0. The number of likely N-dealkylation sites (N-methyl/N-ethyl adjacent to an activating group) is 1. The van der Waals surface area contributed by atoms with Crippen molar-refractivity contribution >= 4 is 27.2 Å². The number of hydrogen-bond acceptors (Lipinski definition) is 5. The van der Waals surface area contributed by atoms with Gasteiger partial charge in [0.1, 0.15) is 11.6 Å². The third-order valence-electron chi connectivity index (χ3n) is 7.19. The smallest absolute Gasteiger partial charge is 0.355 e. The average Bonchev–Trinajstić information content (AvgIpc) is 2.90. The van der Waals surface area contributed by atoms with Crippen LogP contribution in [0.2, 0.25) is 0 Å². The molecule has 1 unspecified atom stereocenters. The summed E-state index contributed by atoms with van der Waals surface area (Å²) in [6.45, 7) is 3.16. The number of aromatic nitrogens is 1. The third-order valence-corrected chi connectivity index (χ3v) is 8.80. The molecular formula is C28H26F7N3O3S. The number of benzene rings is 2. The Morgan fingerprint density at radius 1 is 0.929 bits per heavy atom. The predicted octanol–water partition coefficient (Wildman–Crippen LogP) is 6.24. The molecule has 1 aliphatic heterocycles. The van der Waals surface area contributed by atoms with Crippen molar-refractivity contribution in [3.63, 3.8) is 0 Å². The summed E-state index contributed by atoms with van der Waals surface area (Å²) in [5.41, 5.74) is -2.03. The minimum Gasteiger partial charge on any atom is -0.355 e. The van der Waals surface area contributed by atoms with Crippen molar-refractivity contribution in [2.75, 3.05) is 41.4 Å². The quantitative estimate of drug-likeness (QED) is 0.318. The molecule has 6 nitrogen and oxygen atoms in total. The summed E-state index contributed by atoms with van der Waals surface area (Å²) in [5.74, 6) is -2.55. The lowest BCUT2D eigenvalue weighted by atomic mass is 9.94. The average molecular weight is 618 g/mol. The largest absolute Gasteiger partial charge is 0.416 e. The van der Waals surface area contributed by atoms with Crippen molar-refractivity contribution in [3.8, 4) is 11.1 Å². The molecule has 0 bridgehead atoms. The molecule has 42 heavy (non-hydrogen) atoms. The minimum atomic E-state index is -5.08. The van der Waals surface area contributed by atoms with Crippen LogP contribution in [0, 0.1) is 12.7 Å². The first-order valence-electron chi connectivity index (χ1n) is 12.7. The highest BCUT2D eigenvalue weighted by Crippen LogP contribution is 2.40. The summed E-state index contributed by atoms with van der Waals surface area (Å²) < 4.78 is 118. The van der Waals surface area contributed by atoms with Gasteiger partial charge in [-0.3, -0.25) is 4.79 Å². The van der Waals surface area contributed by atoms with Gasteiger partial charge in [0, 0.05) is 25.7 Å². The number of sulfone groups is 1. The maximum Gasteiger partial charge on any atom is 0.416 e. The first kappa shape index (κ1) is 31.3. The zero-order valence-corrected chi connectivity index (χ0v) is 23.5. The van der Waals surface area contributed by atoms with E-state index in [-0.39, 0.29) is 36.3 Å². The molecule has 3 aromatic rings. The number of nitrogens with zero attached hydrogens (tertiary/aromatic N) is 3. The second-order valence-electron chi connectivity index (χ2n) is 10.1. The summed E-state index contributed by atoms with van der Waals surface area (Å²) in [6, 6.07) is 6.55. The van der Waals surface area contributed by atoms with Crippen molar-refractivity contribution in [3.05, 3.63) is 76.7 Å². The Hall–Kier alpha value is -3.68. The van der Waals surface area contributed by atoms with Gasteiger partial charge in [0.15, 0.2) is 9.84 Å². The van der Waals surface area contributed by atoms with E-state index in [0.29, 0.717) is 34.6 Å². The number of anilines is 2. The molecule has 1 aliphatic rings. The van der Waals surface area contributed by atoms with Crippen LogP contribution in [0.15, 0.2) is 48.7 Å². The highest BCUT2D eigenvalue weighted by Gasteiger charge is 2.38. The molecule has 1 fully saturated rings. The molecular weight excluding hydrogens is 591 g/mol. The Kier molecular flexibility index (Phi) is 8.33. The summed E-state index contributed by atoms with van der Waals surface area (Å²) in [6.07, 6.45) is -8.84. The Morgan fingerprint density at radius 3 is 2.02 bits per heavy atom. The van der Waals surface area contributed by atoms with Crippen LogP contribution < -0.4 is 9.80 Å². The van der Waals surface area contributed by atoms with E-state index >= 15 is 0 Å². The van der Waals surface area contributed by atoms with Crippen LogP contribution in [-0.2, 0) is 27.0 Å². The van der Waals surface area contributed by atoms with E-state index < -0.39 is 56.5 Å². The van der Waals surface area contributed by atoms with Gasteiger partial charge in [0.05, 0.1) is 40.4 Å². The fourth-order valence-corrected chi connectivity index (χ4v) is 5.95. The molecule has 0 radical (unpaired) electrons. The van der Waals surface area contributed by atoms with Crippen LogP contribution in [0.4, 0.5) is 42.2 Å². The Morgan fingerprint density at radius 2 is 1.50 bits per heavy atom. The number of amides is 1. The topological polar surface area (TPSA) is 70.6 Å². The number of aryl methyl sites for hydroxylation is 1. The lowest BCUT2D eigenvalue weighted by molar-refractivity contribution is -0.143. The Labute approximate surface area is 237 Å². The zero-order valence-electron chi connectivity index (χ0n) is 22.6. The molecule has 0 spiro atoms. The maximum atomic E-state index is 13.9. The molecule has 1 amide bonds. The van der Waals surface area contributed by atoms with Gasteiger partial charge < -0.3 is 9.80 Å². The van der Waals surface area contributed by atoms with Crippen LogP contribution in [0.5, 0.6) is 0 Å². The highest BCUT2D eigenvalue weighted by atomic mass is 32.2. The molecule has 14 heteroatoms. The van der Waals surface area contributed by atoms with Crippen LogP contribution in [0.25, 0.3) is 11.1 Å². The zero-order chi connectivity index (χ0) is 31.2. The van der Waals surface area contributed by atoms with E-state index in [1.54, 1.807) is 17.9 Å². The van der Waals surface area contributed by atoms with Gasteiger partial charge in [-0.05, 0) is 66.9 Å². The first-order chi connectivity index (χ1) is 19.4. The van der Waals surface area contributed by atoms with Crippen LogP contribution in [0.1, 0.15) is 35.1 Å². The van der Waals surface area contributed by atoms with Crippen molar-refractivity contribution < 1.29 is 43.9 Å². The SMILES string of the molecule is Cc1cc(F)ccc1-c1cc(N2CCS(=O)(=O)CC2)ncc1N(C)C(=O)C(C)c1cc(C(F)(F)F)cc(C(F)(F)F)c1. The molecule has 0 aliphatic carbocycles. The number of alkyl halides is 6. The highest BCUT2D eigenvalue weighted by molar-refractivity contribution is 7.91. The standard InChI is InChI=1S/C28H26F7N3O3S/c1-16-10-21(29)4-5-22(16)23-14-25(38-6-8-42(40,41)9-7-38)36-15-24(23)37(3)26(39)17(2)18-11-19(27(30,31)32)13-20(12-18)28(33,34)35/h4-5,10-15,17H,6-9H2,1-3H3. The third kappa shape index (κ3) is 6.69. The number of rotatable bonds is 5. The summed E-state index contributed by atoms with van der Waals surface area (Å²) in [4.78, 5) is 20.7. The van der Waals surface area contributed by atoms with Gasteiger partial charge in [0.25, 0.3) is 0 Å². The summed E-state index contributed by atoms with van der Waals surface area (Å²) >= 11 is 0. The summed E-state index contributed by atoms with van der Waals surface area (Å²) in [7, 11) is -1.89. The Balaban J connectivity index is 1.77. The first-order valence-corrected chi connectivity index (χ1v) is 14.5. The molecule has 1 aromatic heterocycles. The second-order valence-corrected chi connectivity index (χ2v) is 12.4. The molecule has 2 heterocycles. The normalized spacial score (nSPS) is 16.3. The molecule has 226 valence electrons. The van der Waals surface area contributed by atoms with Gasteiger partial charge in [0.2, 0.25) is 5.91 Å². The lowest BCUT2D eigenvalue weighted by Gasteiger charge is -2.30. The van der Waals surface area contributed by atoms with Crippen molar-refractivity contribution in [2.45, 2.75) is 32.1 Å². The van der Waals surface area contributed by atoms with E-state index in [4.69, 9.17) is 0 Å². The van der Waals surface area contributed by atoms with E-state index in [1.807, 2.05) is 0 Å². The van der Waals surface area contributed by atoms with E-state index in [2.05, 4.69) is 4.98 Å². The molecule has 2 aromatic carbocycles. The number of carbonyl (C=O) groups is 1. The van der Waals surface area contributed by atoms with Crippen LogP contribution >= 0.6 is 0 Å². The lowest BCUT2D eigenvalue weighted by Crippen LogP contribution is -2.40. The number of halogens is 7. The molecule has 1 saturated heterocycles. The molecule has 0 saturated carbocycles. The second kappa shape index (κ2) is 11.2. The monoisotopic (exact) mass is 617 g/mol. The molecule has 1 atom stereocenters. The van der Waals surface area contributed by atoms with Gasteiger partial charge in [-0.25, -0.2) is 17.8 Å². The predicted molar refractivity (Wildman–Crippen MR) is 144 cm³/mol. The number of pyridine rings is 1. The van der Waals surface area contributed by atoms with E-state index in [0.717, 1.165) is 4.90 Å². The van der Waals surface area contributed by atoms with E-state index in [1.165, 1.54) is 38.4 Å².